The van der Waals surface area contributed by atoms with Crippen molar-refractivity contribution >= 4 is 11.6 Å². The molecular formula is C18H27ClN2O3. The van der Waals surface area contributed by atoms with Crippen molar-refractivity contribution < 1.29 is 14.6 Å². The van der Waals surface area contributed by atoms with Crippen LogP contribution in [0.15, 0.2) is 18.2 Å². The van der Waals surface area contributed by atoms with Crippen molar-refractivity contribution in [1.82, 2.24) is 9.80 Å². The molecule has 3 rings (SSSR count). The maximum absolute atomic E-state index is 10.4. The Morgan fingerprint density at radius 1 is 1.29 bits per heavy atom. The summed E-state index contributed by atoms with van der Waals surface area (Å²) < 4.78 is 11.0. The van der Waals surface area contributed by atoms with Crippen LogP contribution in [0.1, 0.15) is 18.9 Å². The van der Waals surface area contributed by atoms with E-state index in [0.717, 1.165) is 57.1 Å². The van der Waals surface area contributed by atoms with E-state index in [9.17, 15) is 5.11 Å². The molecule has 6 heteroatoms. The average Bonchev–Trinajstić information content (AvgIpc) is 2.95. The van der Waals surface area contributed by atoms with Gasteiger partial charge in [-0.3, -0.25) is 9.80 Å². The van der Waals surface area contributed by atoms with E-state index in [2.05, 4.69) is 22.8 Å². The van der Waals surface area contributed by atoms with Gasteiger partial charge in [0.25, 0.3) is 0 Å². The molecule has 0 amide bonds. The van der Waals surface area contributed by atoms with Crippen LogP contribution in [0, 0.1) is 0 Å². The molecule has 2 aliphatic rings. The number of aliphatic hydroxyl groups is 1. The topological polar surface area (TPSA) is 45.2 Å². The monoisotopic (exact) mass is 354 g/mol. The molecule has 1 N–H and O–H groups in total. The van der Waals surface area contributed by atoms with Crippen molar-refractivity contribution in [2.24, 2.45) is 0 Å². The van der Waals surface area contributed by atoms with Crippen molar-refractivity contribution in [3.05, 3.63) is 28.8 Å². The van der Waals surface area contributed by atoms with Gasteiger partial charge in [0, 0.05) is 38.8 Å². The zero-order valence-corrected chi connectivity index (χ0v) is 15.0. The summed E-state index contributed by atoms with van der Waals surface area (Å²) in [6, 6.07) is 6.18. The molecule has 1 aromatic rings. The van der Waals surface area contributed by atoms with Crippen molar-refractivity contribution in [3.8, 4) is 5.75 Å². The Morgan fingerprint density at radius 3 is 2.79 bits per heavy atom. The third-order valence-electron chi connectivity index (χ3n) is 4.71. The second-order valence-electron chi connectivity index (χ2n) is 6.59. The van der Waals surface area contributed by atoms with Crippen molar-refractivity contribution in [3.63, 3.8) is 0 Å². The number of hydrogen-bond acceptors (Lipinski definition) is 5. The maximum Gasteiger partial charge on any atom is 0.137 e. The van der Waals surface area contributed by atoms with E-state index in [1.54, 1.807) is 0 Å². The lowest BCUT2D eigenvalue weighted by Gasteiger charge is -2.33. The molecule has 1 aromatic carbocycles. The number of likely N-dealkylation sites (tertiary alicyclic amines) is 1. The van der Waals surface area contributed by atoms with Gasteiger partial charge in [-0.25, -0.2) is 0 Å². The van der Waals surface area contributed by atoms with E-state index in [0.29, 0.717) is 18.2 Å². The van der Waals surface area contributed by atoms with Gasteiger partial charge in [0.1, 0.15) is 5.75 Å². The highest BCUT2D eigenvalue weighted by molar-refractivity contribution is 6.32. The molecule has 2 aliphatic heterocycles. The summed E-state index contributed by atoms with van der Waals surface area (Å²) in [6.07, 6.45) is 0.665. The number of hydrogen-bond donors (Lipinski definition) is 1. The fourth-order valence-corrected chi connectivity index (χ4v) is 3.73. The first kappa shape index (κ1) is 18.0. The highest BCUT2D eigenvalue weighted by Crippen LogP contribution is 2.27. The number of halogens is 1. The molecule has 2 atom stereocenters. The van der Waals surface area contributed by atoms with Gasteiger partial charge < -0.3 is 14.6 Å². The van der Waals surface area contributed by atoms with Crippen LogP contribution in [0.4, 0.5) is 0 Å². The Kier molecular flexibility index (Phi) is 6.36. The summed E-state index contributed by atoms with van der Waals surface area (Å²) >= 11 is 6.31. The molecule has 0 aliphatic carbocycles. The average molecular weight is 355 g/mol. The number of morpholine rings is 1. The molecule has 2 heterocycles. The van der Waals surface area contributed by atoms with Crippen LogP contribution in [-0.2, 0) is 11.3 Å². The van der Waals surface area contributed by atoms with E-state index in [-0.39, 0.29) is 12.1 Å². The lowest BCUT2D eigenvalue weighted by Crippen LogP contribution is -2.48. The predicted octanol–water partition coefficient (Wildman–Crippen LogP) is 2.01. The zero-order valence-electron chi connectivity index (χ0n) is 14.3. The van der Waals surface area contributed by atoms with Crippen LogP contribution in [0.2, 0.25) is 5.02 Å². The predicted molar refractivity (Wildman–Crippen MR) is 94.7 cm³/mol. The summed E-state index contributed by atoms with van der Waals surface area (Å²) in [6.45, 7) is 8.47. The number of β-amino-alcohol motifs (C(OH)–C–C–N with tert-alkyl or cyclic N) is 1. The molecule has 0 bridgehead atoms. The summed E-state index contributed by atoms with van der Waals surface area (Å²) in [5, 5.41) is 11.1. The van der Waals surface area contributed by atoms with Crippen LogP contribution in [-0.4, -0.2) is 73.1 Å². The third-order valence-corrected chi connectivity index (χ3v) is 5.01. The smallest absolute Gasteiger partial charge is 0.137 e. The fraction of sp³-hybridized carbons (Fsp3) is 0.667. The van der Waals surface area contributed by atoms with Crippen LogP contribution in [0.25, 0.3) is 0 Å². The van der Waals surface area contributed by atoms with Gasteiger partial charge in [-0.2, -0.15) is 0 Å². The van der Waals surface area contributed by atoms with E-state index in [4.69, 9.17) is 21.1 Å². The number of benzene rings is 1. The van der Waals surface area contributed by atoms with E-state index in [1.807, 2.05) is 12.1 Å². The lowest BCUT2D eigenvalue weighted by atomic mass is 10.1. The van der Waals surface area contributed by atoms with Gasteiger partial charge in [0.2, 0.25) is 0 Å². The molecule has 0 spiro atoms. The van der Waals surface area contributed by atoms with E-state index >= 15 is 0 Å². The van der Waals surface area contributed by atoms with Crippen molar-refractivity contribution in [2.75, 3.05) is 46.0 Å². The Bertz CT molecular complexity index is 537. The highest BCUT2D eigenvalue weighted by atomic mass is 35.5. The van der Waals surface area contributed by atoms with Gasteiger partial charge in [-0.1, -0.05) is 24.6 Å². The minimum absolute atomic E-state index is 0.205. The van der Waals surface area contributed by atoms with Crippen LogP contribution in [0.5, 0.6) is 5.75 Å². The zero-order chi connectivity index (χ0) is 16.9. The van der Waals surface area contributed by atoms with E-state index < -0.39 is 0 Å². The van der Waals surface area contributed by atoms with Crippen LogP contribution in [0.3, 0.4) is 0 Å². The van der Waals surface area contributed by atoms with Crippen molar-refractivity contribution in [2.45, 2.75) is 32.0 Å². The molecule has 0 unspecified atom stereocenters. The number of nitrogens with zero attached hydrogens (tertiary/aromatic N) is 2. The maximum atomic E-state index is 10.4. The van der Waals surface area contributed by atoms with Gasteiger partial charge in [0.15, 0.2) is 0 Å². The Hall–Kier alpha value is -0.850. The summed E-state index contributed by atoms with van der Waals surface area (Å²) in [5.74, 6) is 0.745. The first-order valence-corrected chi connectivity index (χ1v) is 9.18. The molecule has 5 nitrogen and oxygen atoms in total. The SMILES string of the molecule is CCCOc1ccc(CN2C[C@H](O)[C@@H](N3CCOCC3)C2)cc1Cl. The van der Waals surface area contributed by atoms with Gasteiger partial charge in [-0.15, -0.1) is 0 Å². The van der Waals surface area contributed by atoms with Crippen molar-refractivity contribution in [1.29, 1.82) is 0 Å². The lowest BCUT2D eigenvalue weighted by molar-refractivity contribution is -0.00618. The Balaban J connectivity index is 1.57. The molecule has 134 valence electrons. The Labute approximate surface area is 149 Å². The largest absolute Gasteiger partial charge is 0.492 e. The summed E-state index contributed by atoms with van der Waals surface area (Å²) in [5.41, 5.74) is 1.15. The first-order chi connectivity index (χ1) is 11.7. The Morgan fingerprint density at radius 2 is 2.08 bits per heavy atom. The molecule has 0 aromatic heterocycles. The normalized spacial score (nSPS) is 26.0. The number of ether oxygens (including phenoxy) is 2. The molecule has 0 radical (unpaired) electrons. The van der Waals surface area contributed by atoms with Gasteiger partial charge in [0.05, 0.1) is 30.9 Å². The van der Waals surface area contributed by atoms with Crippen LogP contribution >= 0.6 is 11.6 Å². The second-order valence-corrected chi connectivity index (χ2v) is 7.00. The second kappa shape index (κ2) is 8.50. The molecule has 2 fully saturated rings. The van der Waals surface area contributed by atoms with Gasteiger partial charge in [-0.05, 0) is 24.1 Å². The number of rotatable bonds is 6. The molecule has 24 heavy (non-hydrogen) atoms. The minimum Gasteiger partial charge on any atom is -0.492 e. The highest BCUT2D eigenvalue weighted by Gasteiger charge is 2.35. The van der Waals surface area contributed by atoms with Crippen LogP contribution < -0.4 is 4.74 Å². The fourth-order valence-electron chi connectivity index (χ4n) is 3.47. The molecule has 0 saturated carbocycles. The van der Waals surface area contributed by atoms with E-state index in [1.165, 1.54) is 0 Å². The minimum atomic E-state index is -0.300. The van der Waals surface area contributed by atoms with Gasteiger partial charge >= 0.3 is 0 Å². The molecular weight excluding hydrogens is 328 g/mol. The first-order valence-electron chi connectivity index (χ1n) is 8.81. The third kappa shape index (κ3) is 4.41. The summed E-state index contributed by atoms with van der Waals surface area (Å²) in [7, 11) is 0. The quantitative estimate of drug-likeness (QED) is 0.846. The summed E-state index contributed by atoms with van der Waals surface area (Å²) in [4.78, 5) is 4.64. The molecule has 2 saturated heterocycles. The standard InChI is InChI=1S/C18H27ClN2O3/c1-2-7-24-18-4-3-14(10-15(18)19)11-20-12-16(17(22)13-20)21-5-8-23-9-6-21/h3-4,10,16-17,22H,2,5-9,11-13H2,1H3/t16-,17-/m0/s1. The number of aliphatic hydroxyl groups excluding tert-OH is 1.